The van der Waals surface area contributed by atoms with Gasteiger partial charge in [0, 0.05) is 18.1 Å². The summed E-state index contributed by atoms with van der Waals surface area (Å²) in [6.45, 7) is 0. The summed E-state index contributed by atoms with van der Waals surface area (Å²) in [5.41, 5.74) is 0.761. The average Bonchev–Trinajstić information content (AvgIpc) is 2.73. The van der Waals surface area contributed by atoms with Gasteiger partial charge in [0.05, 0.1) is 30.0 Å². The fourth-order valence-electron chi connectivity index (χ4n) is 3.64. The normalized spacial score (nSPS) is 21.6. The van der Waals surface area contributed by atoms with Crippen LogP contribution in [0.1, 0.15) is 11.5 Å². The van der Waals surface area contributed by atoms with Crippen LogP contribution in [0.4, 0.5) is 5.69 Å². The topological polar surface area (TPSA) is 120 Å². The quantitative estimate of drug-likeness (QED) is 0.667. The van der Waals surface area contributed by atoms with Crippen LogP contribution in [0.5, 0.6) is 0 Å². The number of benzene rings is 2. The Bertz CT molecular complexity index is 987. The molecule has 2 aromatic rings. The van der Waals surface area contributed by atoms with Gasteiger partial charge in [0.25, 0.3) is 0 Å². The number of nitrogens with zero attached hydrogens (tertiary/aromatic N) is 5. The van der Waals surface area contributed by atoms with Crippen LogP contribution in [0.25, 0.3) is 0 Å². The number of hydrazone groups is 1. The molecule has 0 amide bonds. The van der Waals surface area contributed by atoms with Gasteiger partial charge >= 0.3 is 0 Å². The molecule has 0 spiro atoms. The van der Waals surface area contributed by atoms with Crippen LogP contribution in [0.2, 0.25) is 0 Å². The van der Waals surface area contributed by atoms with E-state index in [1.54, 1.807) is 24.3 Å². The number of hydrogen-bond donors (Lipinski definition) is 1. The van der Waals surface area contributed by atoms with Crippen molar-refractivity contribution in [2.45, 2.75) is 5.92 Å². The minimum Gasteiger partial charge on any atom is -0.279 e. The Morgan fingerprint density at radius 2 is 1.30 bits per heavy atom. The summed E-state index contributed by atoms with van der Waals surface area (Å²) in [6, 6.07) is 26.0. The summed E-state index contributed by atoms with van der Waals surface area (Å²) in [6.07, 6.45) is 1.46. The lowest BCUT2D eigenvalue weighted by Gasteiger charge is -2.54. The zero-order valence-corrected chi connectivity index (χ0v) is 14.2. The molecule has 0 aromatic heterocycles. The van der Waals surface area contributed by atoms with Gasteiger partial charge in [-0.2, -0.15) is 26.1 Å². The maximum absolute atomic E-state index is 9.75. The molecule has 0 aliphatic heterocycles. The second-order valence-corrected chi connectivity index (χ2v) is 6.23. The largest absolute Gasteiger partial charge is 0.279 e. The Kier molecular flexibility index (Phi) is 4.59. The highest BCUT2D eigenvalue weighted by atomic mass is 15.3. The third kappa shape index (κ3) is 2.49. The minimum absolute atomic E-state index is 0.630. The second-order valence-electron chi connectivity index (χ2n) is 6.23. The van der Waals surface area contributed by atoms with Gasteiger partial charge in [0.2, 0.25) is 0 Å². The smallest absolute Gasteiger partial charge is 0.184 e. The standard InChI is InChI=1S/C21H14N6/c22-12-20(13-23)18(11-26-27-17-9-5-2-6-10-17)19(21(20,14-24)15-25)16-7-3-1-4-8-16/h1-11,18-19,27H/b26-11+. The van der Waals surface area contributed by atoms with E-state index in [-0.39, 0.29) is 0 Å². The van der Waals surface area contributed by atoms with Gasteiger partial charge < -0.3 is 0 Å². The van der Waals surface area contributed by atoms with Crippen LogP contribution >= 0.6 is 0 Å². The van der Waals surface area contributed by atoms with E-state index in [0.29, 0.717) is 0 Å². The Labute approximate surface area is 157 Å². The number of anilines is 1. The molecule has 2 atom stereocenters. The predicted octanol–water partition coefficient (Wildman–Crippen LogP) is 3.57. The van der Waals surface area contributed by atoms with Crippen molar-refractivity contribution in [2.24, 2.45) is 21.8 Å². The first kappa shape index (κ1) is 17.7. The molecule has 3 rings (SSSR count). The average molecular weight is 350 g/mol. The van der Waals surface area contributed by atoms with Crippen LogP contribution in [0.15, 0.2) is 65.8 Å². The molecule has 6 heteroatoms. The fraction of sp³-hybridized carbons (Fsp3) is 0.190. The Morgan fingerprint density at radius 3 is 1.81 bits per heavy atom. The molecule has 0 heterocycles. The van der Waals surface area contributed by atoms with Crippen LogP contribution in [-0.4, -0.2) is 6.21 Å². The SMILES string of the molecule is N#CC1(C#N)C(/C=N/Nc2ccccc2)C(c2ccccc2)C1(C#N)C#N. The molecule has 2 aromatic carbocycles. The third-order valence-corrected chi connectivity index (χ3v) is 5.01. The second kappa shape index (κ2) is 7.01. The molecular formula is C21H14N6. The van der Waals surface area contributed by atoms with Gasteiger partial charge in [-0.05, 0) is 17.7 Å². The molecule has 2 unspecified atom stereocenters. The molecule has 1 aliphatic rings. The molecular weight excluding hydrogens is 336 g/mol. The monoisotopic (exact) mass is 350 g/mol. The van der Waals surface area contributed by atoms with Crippen molar-refractivity contribution in [3.63, 3.8) is 0 Å². The predicted molar refractivity (Wildman–Crippen MR) is 98.5 cm³/mol. The number of nitrogens with one attached hydrogen (secondary N) is 1. The summed E-state index contributed by atoms with van der Waals surface area (Å²) >= 11 is 0. The number of rotatable bonds is 4. The summed E-state index contributed by atoms with van der Waals surface area (Å²) < 4.78 is 0. The van der Waals surface area contributed by atoms with E-state index in [2.05, 4.69) is 10.5 Å². The first-order chi connectivity index (χ1) is 13.2. The zero-order chi connectivity index (χ0) is 19.3. The van der Waals surface area contributed by atoms with E-state index in [4.69, 9.17) is 0 Å². The fourth-order valence-corrected chi connectivity index (χ4v) is 3.64. The van der Waals surface area contributed by atoms with Gasteiger partial charge in [-0.3, -0.25) is 5.43 Å². The van der Waals surface area contributed by atoms with Gasteiger partial charge in [-0.25, -0.2) is 0 Å². The van der Waals surface area contributed by atoms with Crippen LogP contribution in [0, 0.1) is 62.1 Å². The lowest BCUT2D eigenvalue weighted by molar-refractivity contribution is 0.0465. The van der Waals surface area contributed by atoms with Crippen LogP contribution in [0.3, 0.4) is 0 Å². The van der Waals surface area contributed by atoms with Crippen molar-refractivity contribution in [3.05, 3.63) is 66.2 Å². The van der Waals surface area contributed by atoms with Crippen LogP contribution < -0.4 is 5.43 Å². The number of nitriles is 4. The van der Waals surface area contributed by atoms with Gasteiger partial charge in [-0.15, -0.1) is 0 Å². The lowest BCUT2D eigenvalue weighted by atomic mass is 9.39. The van der Waals surface area contributed by atoms with Crippen molar-refractivity contribution in [3.8, 4) is 24.3 Å². The lowest BCUT2D eigenvalue weighted by Crippen LogP contribution is -2.62. The molecule has 6 nitrogen and oxygen atoms in total. The van der Waals surface area contributed by atoms with Crippen molar-refractivity contribution >= 4 is 11.9 Å². The first-order valence-corrected chi connectivity index (χ1v) is 8.23. The Hall–Kier alpha value is -4.13. The summed E-state index contributed by atoms with van der Waals surface area (Å²) in [5.74, 6) is -1.33. The molecule has 0 radical (unpaired) electrons. The highest BCUT2D eigenvalue weighted by Crippen LogP contribution is 2.67. The van der Waals surface area contributed by atoms with E-state index in [9.17, 15) is 21.0 Å². The molecule has 0 saturated heterocycles. The molecule has 1 saturated carbocycles. The molecule has 27 heavy (non-hydrogen) atoms. The van der Waals surface area contributed by atoms with E-state index in [0.717, 1.165) is 11.3 Å². The highest BCUT2D eigenvalue weighted by Gasteiger charge is 2.75. The number of para-hydroxylation sites is 1. The van der Waals surface area contributed by atoms with E-state index >= 15 is 0 Å². The van der Waals surface area contributed by atoms with Gasteiger partial charge in [-0.1, -0.05) is 48.5 Å². The molecule has 1 fully saturated rings. The van der Waals surface area contributed by atoms with Gasteiger partial charge in [0.15, 0.2) is 10.8 Å². The van der Waals surface area contributed by atoms with Crippen molar-refractivity contribution in [1.82, 2.24) is 0 Å². The van der Waals surface area contributed by atoms with Crippen LogP contribution in [-0.2, 0) is 0 Å². The third-order valence-electron chi connectivity index (χ3n) is 5.01. The highest BCUT2D eigenvalue weighted by molar-refractivity contribution is 5.74. The zero-order valence-electron chi connectivity index (χ0n) is 14.2. The van der Waals surface area contributed by atoms with E-state index in [1.165, 1.54) is 6.21 Å². The molecule has 1 aliphatic carbocycles. The Morgan fingerprint density at radius 1 is 0.778 bits per heavy atom. The van der Waals surface area contributed by atoms with E-state index in [1.807, 2.05) is 60.7 Å². The van der Waals surface area contributed by atoms with Crippen molar-refractivity contribution in [2.75, 3.05) is 5.43 Å². The summed E-state index contributed by atoms with van der Waals surface area (Å²) in [7, 11) is 0. The maximum atomic E-state index is 9.75. The van der Waals surface area contributed by atoms with Crippen molar-refractivity contribution in [1.29, 1.82) is 21.0 Å². The Balaban J connectivity index is 2.03. The summed E-state index contributed by atoms with van der Waals surface area (Å²) in [4.78, 5) is 0. The molecule has 0 bridgehead atoms. The van der Waals surface area contributed by atoms with E-state index < -0.39 is 22.7 Å². The molecule has 1 N–H and O–H groups in total. The van der Waals surface area contributed by atoms with Crippen molar-refractivity contribution < 1.29 is 0 Å². The van der Waals surface area contributed by atoms with Gasteiger partial charge in [0.1, 0.15) is 0 Å². The number of hydrogen-bond acceptors (Lipinski definition) is 6. The minimum atomic E-state index is -1.79. The molecule has 128 valence electrons. The first-order valence-electron chi connectivity index (χ1n) is 8.23. The summed E-state index contributed by atoms with van der Waals surface area (Å²) in [5, 5.41) is 43.1. The maximum Gasteiger partial charge on any atom is 0.184 e.